The first-order valence-electron chi connectivity index (χ1n) is 14.5. The van der Waals surface area contributed by atoms with Crippen LogP contribution in [0.3, 0.4) is 0 Å². The first kappa shape index (κ1) is 29.0. The number of aliphatic hydroxyl groups is 1. The van der Waals surface area contributed by atoms with E-state index in [1.165, 1.54) is 11.8 Å². The van der Waals surface area contributed by atoms with Crippen molar-refractivity contribution in [2.45, 2.75) is 49.3 Å². The van der Waals surface area contributed by atoms with Crippen LogP contribution in [0.25, 0.3) is 0 Å². The summed E-state index contributed by atoms with van der Waals surface area (Å²) < 4.78 is -1.74. The van der Waals surface area contributed by atoms with Crippen LogP contribution in [0.1, 0.15) is 26.3 Å². The van der Waals surface area contributed by atoms with Crippen LogP contribution in [0.5, 0.6) is 0 Å². The minimum Gasteiger partial charge on any atom is -0.394 e. The molecule has 0 bridgehead atoms. The van der Waals surface area contributed by atoms with E-state index in [4.69, 9.17) is 11.6 Å². The molecule has 0 aliphatic carbocycles. The topological polar surface area (TPSA) is 81.2 Å². The van der Waals surface area contributed by atoms with E-state index in [9.17, 15) is 19.5 Å². The van der Waals surface area contributed by atoms with Gasteiger partial charge in [-0.05, 0) is 43.5 Å². The van der Waals surface area contributed by atoms with Crippen molar-refractivity contribution in [2.24, 2.45) is 17.8 Å². The Balaban J connectivity index is 1.53. The summed E-state index contributed by atoms with van der Waals surface area (Å²) in [5.41, 5.74) is 2.23. The molecular formula is C33H36ClN3O4S. The molecule has 0 saturated carbocycles. The Morgan fingerprint density at radius 3 is 2.29 bits per heavy atom. The number of hydrogen-bond acceptors (Lipinski definition) is 5. The summed E-state index contributed by atoms with van der Waals surface area (Å²) in [4.78, 5) is 49.1. The molecule has 4 aliphatic rings. The van der Waals surface area contributed by atoms with E-state index in [2.05, 4.69) is 6.08 Å². The van der Waals surface area contributed by atoms with E-state index >= 15 is 0 Å². The number of nitrogens with zero attached hydrogens (tertiary/aromatic N) is 3. The molecule has 1 spiro atoms. The summed E-state index contributed by atoms with van der Waals surface area (Å²) in [7, 11) is 0. The molecule has 1 unspecified atom stereocenters. The minimum atomic E-state index is -1.01. The lowest BCUT2D eigenvalue weighted by Gasteiger charge is -2.41. The molecule has 0 aromatic heterocycles. The zero-order chi connectivity index (χ0) is 30.0. The van der Waals surface area contributed by atoms with Gasteiger partial charge in [0.25, 0.3) is 5.91 Å². The van der Waals surface area contributed by atoms with Crippen molar-refractivity contribution in [3.63, 3.8) is 0 Å². The van der Waals surface area contributed by atoms with Crippen LogP contribution < -0.4 is 9.80 Å². The number of halogens is 1. The Labute approximate surface area is 256 Å². The van der Waals surface area contributed by atoms with E-state index in [0.717, 1.165) is 11.3 Å². The lowest BCUT2D eigenvalue weighted by Crippen LogP contribution is -2.58. The van der Waals surface area contributed by atoms with Gasteiger partial charge in [0, 0.05) is 23.5 Å². The van der Waals surface area contributed by atoms with E-state index < -0.39 is 33.4 Å². The number of anilines is 2. The van der Waals surface area contributed by atoms with Gasteiger partial charge in [-0.2, -0.15) is 0 Å². The van der Waals surface area contributed by atoms with Crippen LogP contribution in [0, 0.1) is 24.7 Å². The largest absolute Gasteiger partial charge is 0.394 e. The Kier molecular flexibility index (Phi) is 7.31. The molecule has 2 fully saturated rings. The van der Waals surface area contributed by atoms with Gasteiger partial charge in [0.1, 0.15) is 6.04 Å². The number of aryl methyl sites for hydroxylation is 1. The van der Waals surface area contributed by atoms with Crippen LogP contribution >= 0.6 is 23.4 Å². The van der Waals surface area contributed by atoms with Crippen molar-refractivity contribution in [1.29, 1.82) is 0 Å². The fourth-order valence-electron chi connectivity index (χ4n) is 7.44. The third-order valence-corrected chi connectivity index (χ3v) is 11.4. The molecule has 6 atom stereocenters. The number of fused-ring (bicyclic) bond motifs is 2. The second-order valence-corrected chi connectivity index (χ2v) is 14.4. The molecule has 2 aromatic carbocycles. The van der Waals surface area contributed by atoms with Gasteiger partial charge in [0.2, 0.25) is 11.8 Å². The van der Waals surface area contributed by atoms with Crippen LogP contribution in [-0.2, 0) is 14.4 Å². The monoisotopic (exact) mass is 605 g/mol. The highest BCUT2D eigenvalue weighted by molar-refractivity contribution is 8.02. The maximum atomic E-state index is 14.8. The van der Waals surface area contributed by atoms with Crippen LogP contribution in [0.4, 0.5) is 11.4 Å². The van der Waals surface area contributed by atoms with Crippen LogP contribution in [-0.4, -0.2) is 69.0 Å². The van der Waals surface area contributed by atoms with Gasteiger partial charge >= 0.3 is 0 Å². The molecule has 6 rings (SSSR count). The normalized spacial score (nSPS) is 31.3. The van der Waals surface area contributed by atoms with Crippen molar-refractivity contribution >= 4 is 52.5 Å². The quantitative estimate of drug-likeness (QED) is 0.493. The number of para-hydroxylation sites is 2. The molecule has 0 radical (unpaired) electrons. The second-order valence-electron chi connectivity index (χ2n) is 12.2. The second kappa shape index (κ2) is 10.6. The molecule has 1 N–H and O–H groups in total. The predicted octanol–water partition coefficient (Wildman–Crippen LogP) is 4.86. The fraction of sp³-hybridized carbons (Fsp3) is 0.424. The molecule has 3 amide bonds. The van der Waals surface area contributed by atoms with Crippen molar-refractivity contribution in [3.8, 4) is 0 Å². The number of amides is 3. The maximum Gasteiger partial charge on any atom is 0.251 e. The van der Waals surface area contributed by atoms with Crippen LogP contribution in [0.2, 0.25) is 5.02 Å². The number of benzene rings is 2. The van der Waals surface area contributed by atoms with Crippen molar-refractivity contribution in [1.82, 2.24) is 4.90 Å². The number of carbonyl (C=O) groups is 3. The van der Waals surface area contributed by atoms with E-state index in [1.54, 1.807) is 20.8 Å². The van der Waals surface area contributed by atoms with E-state index in [1.807, 2.05) is 88.4 Å². The van der Waals surface area contributed by atoms with E-state index in [0.29, 0.717) is 17.3 Å². The Morgan fingerprint density at radius 1 is 0.929 bits per heavy atom. The summed E-state index contributed by atoms with van der Waals surface area (Å²) in [6.07, 6.45) is 7.99. The van der Waals surface area contributed by atoms with Gasteiger partial charge in [-0.25, -0.2) is 0 Å². The molecule has 220 valence electrons. The molecule has 4 aliphatic heterocycles. The maximum absolute atomic E-state index is 14.8. The number of carbonyl (C=O) groups excluding carboxylic acids is 3. The first-order chi connectivity index (χ1) is 20.1. The average Bonchev–Trinajstić information content (AvgIpc) is 3.22. The summed E-state index contributed by atoms with van der Waals surface area (Å²) in [5, 5.41) is 11.0. The van der Waals surface area contributed by atoms with Gasteiger partial charge in [-0.15, -0.1) is 11.8 Å². The third-order valence-electron chi connectivity index (χ3n) is 9.34. The number of thioether (sulfide) groups is 1. The highest BCUT2D eigenvalue weighted by atomic mass is 35.5. The van der Waals surface area contributed by atoms with Gasteiger partial charge in [-0.3, -0.25) is 14.4 Å². The van der Waals surface area contributed by atoms with Gasteiger partial charge in [0.05, 0.1) is 39.9 Å². The molecule has 2 saturated heterocycles. The fourth-order valence-corrected chi connectivity index (χ4v) is 9.91. The standard InChI is InChI=1S/C33H36ClN3O4S/c1-20(2)24(19-38)37-28-31(41)36(27-21(3)11-8-14-23(27)34)18-10-16-33(28)26(30(37)40)25-29(39)35(22-12-6-5-7-13-22)17-9-15-32(25,4)42-33/h5-16,20,24-26,28,38H,17-19H2,1-4H3/t24-,25-,26-,28?,32+,33-/m0/s1. The lowest BCUT2D eigenvalue weighted by molar-refractivity contribution is -0.143. The Morgan fingerprint density at radius 2 is 1.62 bits per heavy atom. The summed E-state index contributed by atoms with van der Waals surface area (Å²) in [6, 6.07) is 13.5. The smallest absolute Gasteiger partial charge is 0.251 e. The number of rotatable bonds is 5. The number of aliphatic hydroxyl groups excluding tert-OH is 1. The zero-order valence-electron chi connectivity index (χ0n) is 24.2. The highest BCUT2D eigenvalue weighted by Crippen LogP contribution is 2.66. The van der Waals surface area contributed by atoms with Gasteiger partial charge in [-0.1, -0.05) is 80.1 Å². The third kappa shape index (κ3) is 4.17. The first-order valence-corrected chi connectivity index (χ1v) is 15.7. The molecule has 42 heavy (non-hydrogen) atoms. The number of hydrogen-bond donors (Lipinski definition) is 1. The molecular weight excluding hydrogens is 570 g/mol. The van der Waals surface area contributed by atoms with Crippen LogP contribution in [0.15, 0.2) is 72.8 Å². The van der Waals surface area contributed by atoms with Crippen molar-refractivity contribution in [2.75, 3.05) is 29.5 Å². The Bertz CT molecular complexity index is 1480. The minimum absolute atomic E-state index is 0.118. The molecule has 4 heterocycles. The molecule has 7 nitrogen and oxygen atoms in total. The van der Waals surface area contributed by atoms with Gasteiger partial charge < -0.3 is 19.8 Å². The van der Waals surface area contributed by atoms with Crippen molar-refractivity contribution in [3.05, 3.63) is 83.4 Å². The lowest BCUT2D eigenvalue weighted by atomic mass is 9.74. The average molecular weight is 606 g/mol. The molecule has 9 heteroatoms. The molecule has 2 aromatic rings. The predicted molar refractivity (Wildman–Crippen MR) is 168 cm³/mol. The zero-order valence-corrected chi connectivity index (χ0v) is 25.8. The summed E-state index contributed by atoms with van der Waals surface area (Å²) >= 11 is 8.21. The van der Waals surface area contributed by atoms with Crippen molar-refractivity contribution < 1.29 is 19.5 Å². The van der Waals surface area contributed by atoms with Gasteiger partial charge in [0.15, 0.2) is 0 Å². The van der Waals surface area contributed by atoms with E-state index in [-0.39, 0.29) is 36.8 Å². The number of likely N-dealkylation sites (tertiary alicyclic amines) is 1. The highest BCUT2D eigenvalue weighted by Gasteiger charge is 2.74. The Hall–Kier alpha value is -3.07. The SMILES string of the molecule is Cc1cccc(Cl)c1N1CC=C[C@]23S[C@]4(C)C=CCN(c5ccccc5)C(=O)[C@@H]4[C@H]2C(=O)N([C@@H](CO)C(C)C)C3C1=O. The summed E-state index contributed by atoms with van der Waals surface area (Å²) in [6.45, 7) is 8.19. The summed E-state index contributed by atoms with van der Waals surface area (Å²) in [5.74, 6) is -2.27.